The van der Waals surface area contributed by atoms with Crippen molar-refractivity contribution in [2.24, 2.45) is 0 Å². The summed E-state index contributed by atoms with van der Waals surface area (Å²) in [7, 11) is 0. The Morgan fingerprint density at radius 3 is 2.85 bits per heavy atom. The molecule has 138 valence electrons. The third kappa shape index (κ3) is 4.23. The predicted octanol–water partition coefficient (Wildman–Crippen LogP) is 2.76. The number of aliphatic hydroxyl groups excluding tert-OH is 1. The summed E-state index contributed by atoms with van der Waals surface area (Å²) in [5.74, 6) is -0.0927. The summed E-state index contributed by atoms with van der Waals surface area (Å²) in [6.45, 7) is 0.142. The van der Waals surface area contributed by atoms with Gasteiger partial charge in [0.15, 0.2) is 0 Å². The van der Waals surface area contributed by atoms with E-state index in [2.05, 4.69) is 10.3 Å². The van der Waals surface area contributed by atoms with E-state index in [-0.39, 0.29) is 30.5 Å². The van der Waals surface area contributed by atoms with Gasteiger partial charge in [-0.15, -0.1) is 0 Å². The number of rotatable bonds is 6. The number of carbonyl (C=O) groups is 1. The zero-order chi connectivity index (χ0) is 18.7. The number of hydrogen-bond acceptors (Lipinski definition) is 5. The normalized spacial score (nSPS) is 12.9. The molecule has 0 aliphatic heterocycles. The minimum atomic E-state index is -0.382. The van der Waals surface area contributed by atoms with Crippen LogP contribution in [0.3, 0.4) is 0 Å². The first-order valence-corrected chi connectivity index (χ1v) is 9.85. The third-order valence-electron chi connectivity index (χ3n) is 4.07. The number of aromatic nitrogens is 2. The van der Waals surface area contributed by atoms with Gasteiger partial charge in [-0.3, -0.25) is 9.36 Å². The molecule has 1 aliphatic rings. The van der Waals surface area contributed by atoms with Crippen LogP contribution < -0.4 is 11.0 Å². The van der Waals surface area contributed by atoms with E-state index < -0.39 is 0 Å². The van der Waals surface area contributed by atoms with Gasteiger partial charge < -0.3 is 10.4 Å². The highest BCUT2D eigenvalue weighted by Gasteiger charge is 2.22. The Bertz CT molecular complexity index is 902. The van der Waals surface area contributed by atoms with E-state index in [9.17, 15) is 9.59 Å². The number of nitrogens with zero attached hydrogens (tertiary/aromatic N) is 2. The molecule has 0 fully saturated rings. The Balaban J connectivity index is 1.70. The van der Waals surface area contributed by atoms with Gasteiger partial charge in [0, 0.05) is 16.9 Å². The number of thioether (sulfide) groups is 1. The van der Waals surface area contributed by atoms with Crippen LogP contribution in [0.25, 0.3) is 0 Å². The Morgan fingerprint density at radius 2 is 2.12 bits per heavy atom. The molecule has 1 aromatic carbocycles. The summed E-state index contributed by atoms with van der Waals surface area (Å²) in [4.78, 5) is 28.5. The van der Waals surface area contributed by atoms with Crippen LogP contribution in [-0.2, 0) is 24.2 Å². The monoisotopic (exact) mass is 413 g/mol. The fourth-order valence-electron chi connectivity index (χ4n) is 2.94. The number of aliphatic hydroxyl groups is 1. The van der Waals surface area contributed by atoms with Crippen molar-refractivity contribution in [1.82, 2.24) is 9.55 Å². The third-order valence-corrected chi connectivity index (χ3v) is 5.82. The Labute approximate surface area is 164 Å². The second-order valence-corrected chi connectivity index (χ2v) is 7.60. The zero-order valence-corrected chi connectivity index (χ0v) is 16.1. The minimum Gasteiger partial charge on any atom is -0.395 e. The van der Waals surface area contributed by atoms with Crippen molar-refractivity contribution < 1.29 is 9.90 Å². The number of fused-ring (bicyclic) bond motifs is 1. The second-order valence-electron chi connectivity index (χ2n) is 5.82. The van der Waals surface area contributed by atoms with Crippen molar-refractivity contribution in [3.8, 4) is 0 Å². The average Bonchev–Trinajstić information content (AvgIpc) is 3.09. The lowest BCUT2D eigenvalue weighted by molar-refractivity contribution is -0.113. The molecule has 1 heterocycles. The van der Waals surface area contributed by atoms with Gasteiger partial charge in [0.2, 0.25) is 5.91 Å². The van der Waals surface area contributed by atoms with Crippen LogP contribution in [0.1, 0.15) is 17.7 Å². The fraction of sp³-hybridized carbons (Fsp3) is 0.353. The van der Waals surface area contributed by atoms with Crippen LogP contribution in [0.4, 0.5) is 5.69 Å². The van der Waals surface area contributed by atoms with Gasteiger partial charge in [-0.05, 0) is 37.5 Å². The van der Waals surface area contributed by atoms with Crippen LogP contribution in [0.15, 0.2) is 28.0 Å². The summed E-state index contributed by atoms with van der Waals surface area (Å²) in [5.41, 5.74) is 2.10. The molecule has 6 nitrogen and oxygen atoms in total. The summed E-state index contributed by atoms with van der Waals surface area (Å²) < 4.78 is 1.53. The van der Waals surface area contributed by atoms with Gasteiger partial charge in [0.1, 0.15) is 5.03 Å². The van der Waals surface area contributed by atoms with Gasteiger partial charge in [-0.2, -0.15) is 4.98 Å². The average molecular weight is 414 g/mol. The highest BCUT2D eigenvalue weighted by molar-refractivity contribution is 8.00. The first-order chi connectivity index (χ1) is 12.5. The van der Waals surface area contributed by atoms with Crippen molar-refractivity contribution in [2.45, 2.75) is 30.8 Å². The van der Waals surface area contributed by atoms with Gasteiger partial charge in [0.05, 0.1) is 28.9 Å². The number of anilines is 1. The number of amides is 1. The SMILES string of the molecule is O=C(CSc1nc(=O)n(CCO)c2c1CCC2)Nc1ccc(Cl)c(Cl)c1. The largest absolute Gasteiger partial charge is 0.395 e. The summed E-state index contributed by atoms with van der Waals surface area (Å²) in [5, 5.41) is 13.3. The topological polar surface area (TPSA) is 84.2 Å². The van der Waals surface area contributed by atoms with E-state index in [0.29, 0.717) is 20.8 Å². The molecule has 0 unspecified atom stereocenters. The lowest BCUT2D eigenvalue weighted by atomic mass is 10.2. The van der Waals surface area contributed by atoms with Gasteiger partial charge >= 0.3 is 5.69 Å². The minimum absolute atomic E-state index is 0.105. The predicted molar refractivity (Wildman–Crippen MR) is 103 cm³/mol. The standard InChI is InChI=1S/C17H17Cl2N3O3S/c18-12-5-4-10(8-13(12)19)20-15(24)9-26-16-11-2-1-3-14(11)22(6-7-23)17(25)21-16/h4-5,8,23H,1-3,6-7,9H2,(H,20,24). The van der Waals surface area contributed by atoms with E-state index in [1.54, 1.807) is 18.2 Å². The molecule has 1 aromatic heterocycles. The molecular weight excluding hydrogens is 397 g/mol. The van der Waals surface area contributed by atoms with Crippen molar-refractivity contribution in [1.29, 1.82) is 0 Å². The smallest absolute Gasteiger partial charge is 0.348 e. The van der Waals surface area contributed by atoms with Gasteiger partial charge in [-0.1, -0.05) is 35.0 Å². The molecular formula is C17H17Cl2N3O3S. The molecule has 9 heteroatoms. The quantitative estimate of drug-likeness (QED) is 0.561. The molecule has 0 saturated carbocycles. The van der Waals surface area contributed by atoms with Crippen LogP contribution in [0.2, 0.25) is 10.0 Å². The molecule has 0 bridgehead atoms. The molecule has 1 aliphatic carbocycles. The highest BCUT2D eigenvalue weighted by atomic mass is 35.5. The maximum absolute atomic E-state index is 12.2. The van der Waals surface area contributed by atoms with Crippen molar-refractivity contribution in [3.63, 3.8) is 0 Å². The Kier molecular flexibility index (Phi) is 6.24. The maximum atomic E-state index is 12.2. The van der Waals surface area contributed by atoms with Crippen LogP contribution >= 0.6 is 35.0 Å². The summed E-state index contributed by atoms with van der Waals surface area (Å²) in [6.07, 6.45) is 2.55. The van der Waals surface area contributed by atoms with E-state index in [4.69, 9.17) is 28.3 Å². The molecule has 2 aromatic rings. The first kappa shape index (κ1) is 19.2. The number of benzene rings is 1. The first-order valence-electron chi connectivity index (χ1n) is 8.10. The molecule has 0 spiro atoms. The molecule has 1 amide bonds. The highest BCUT2D eigenvalue weighted by Crippen LogP contribution is 2.29. The van der Waals surface area contributed by atoms with Crippen LogP contribution in [0, 0.1) is 0 Å². The van der Waals surface area contributed by atoms with E-state index in [1.165, 1.54) is 16.3 Å². The summed E-state index contributed by atoms with van der Waals surface area (Å²) in [6, 6.07) is 4.86. The fourth-order valence-corrected chi connectivity index (χ4v) is 4.12. The van der Waals surface area contributed by atoms with Crippen LogP contribution in [0.5, 0.6) is 0 Å². The number of nitrogens with one attached hydrogen (secondary N) is 1. The van der Waals surface area contributed by atoms with Crippen molar-refractivity contribution >= 4 is 46.6 Å². The lowest BCUT2D eigenvalue weighted by Crippen LogP contribution is -2.28. The Hall–Kier alpha value is -1.54. The maximum Gasteiger partial charge on any atom is 0.348 e. The molecule has 0 atom stereocenters. The molecule has 2 N–H and O–H groups in total. The van der Waals surface area contributed by atoms with Crippen LogP contribution in [-0.4, -0.2) is 32.9 Å². The zero-order valence-electron chi connectivity index (χ0n) is 13.8. The Morgan fingerprint density at radius 1 is 1.31 bits per heavy atom. The lowest BCUT2D eigenvalue weighted by Gasteiger charge is -2.13. The van der Waals surface area contributed by atoms with E-state index in [1.807, 2.05) is 0 Å². The van der Waals surface area contributed by atoms with Gasteiger partial charge in [-0.25, -0.2) is 4.79 Å². The summed E-state index contributed by atoms with van der Waals surface area (Å²) >= 11 is 13.0. The number of halogens is 2. The molecule has 0 radical (unpaired) electrons. The van der Waals surface area contributed by atoms with Crippen molar-refractivity contribution in [2.75, 3.05) is 17.7 Å². The molecule has 0 saturated heterocycles. The van der Waals surface area contributed by atoms with Crippen molar-refractivity contribution in [3.05, 3.63) is 50.0 Å². The van der Waals surface area contributed by atoms with E-state index in [0.717, 1.165) is 30.5 Å². The molecule has 3 rings (SSSR count). The van der Waals surface area contributed by atoms with Gasteiger partial charge in [0.25, 0.3) is 0 Å². The molecule has 26 heavy (non-hydrogen) atoms. The second kappa shape index (κ2) is 8.43. The number of carbonyl (C=O) groups excluding carboxylic acids is 1. The van der Waals surface area contributed by atoms with E-state index >= 15 is 0 Å². The number of hydrogen-bond donors (Lipinski definition) is 2.